The number of carbonyl (C=O) groups is 1. The number of hydrazine groups is 1. The topological polar surface area (TPSA) is 123 Å². The molecule has 0 atom stereocenters. The molecule has 0 saturated carbocycles. The van der Waals surface area contributed by atoms with E-state index in [1.54, 1.807) is 42.2 Å². The predicted octanol–water partition coefficient (Wildman–Crippen LogP) is 4.32. The van der Waals surface area contributed by atoms with Crippen molar-refractivity contribution in [1.82, 2.24) is 15.1 Å². The van der Waals surface area contributed by atoms with E-state index in [9.17, 15) is 18.0 Å². The fourth-order valence-corrected chi connectivity index (χ4v) is 3.65. The fourth-order valence-electron chi connectivity index (χ4n) is 3.65. The molecule has 0 saturated heterocycles. The number of amides is 1. The summed E-state index contributed by atoms with van der Waals surface area (Å²) in [5, 5.41) is 11.3. The minimum Gasteiger partial charge on any atom is -0.406 e. The Morgan fingerprint density at radius 1 is 1.21 bits per heavy atom. The van der Waals surface area contributed by atoms with Gasteiger partial charge >= 0.3 is 6.36 Å². The first-order valence-corrected chi connectivity index (χ1v) is 11.8. The zero-order valence-corrected chi connectivity index (χ0v) is 21.8. The molecular formula is C26H32F3N7O2. The molecule has 9 nitrogen and oxygen atoms in total. The van der Waals surface area contributed by atoms with Gasteiger partial charge in [0.15, 0.2) is 0 Å². The van der Waals surface area contributed by atoms with Crippen LogP contribution in [0.15, 0.2) is 48.8 Å². The van der Waals surface area contributed by atoms with Gasteiger partial charge in [-0.05, 0) is 49.2 Å². The van der Waals surface area contributed by atoms with Crippen LogP contribution in [0, 0.1) is 13.8 Å². The Labute approximate surface area is 219 Å². The monoisotopic (exact) mass is 531 g/mol. The number of ether oxygens (including phenoxy) is 1. The third kappa shape index (κ3) is 7.49. The molecule has 204 valence electrons. The molecule has 2 aromatic carbocycles. The highest BCUT2D eigenvalue weighted by molar-refractivity contribution is 6.05. The van der Waals surface area contributed by atoms with E-state index in [4.69, 9.17) is 11.6 Å². The summed E-state index contributed by atoms with van der Waals surface area (Å²) >= 11 is 0. The summed E-state index contributed by atoms with van der Waals surface area (Å²) in [6.45, 7) is 7.81. The predicted molar refractivity (Wildman–Crippen MR) is 141 cm³/mol. The minimum atomic E-state index is -4.87. The van der Waals surface area contributed by atoms with E-state index in [-0.39, 0.29) is 23.8 Å². The molecule has 0 spiro atoms. The van der Waals surface area contributed by atoms with Crippen LogP contribution in [0.1, 0.15) is 46.6 Å². The largest absolute Gasteiger partial charge is 0.573 e. The molecular weight excluding hydrogens is 499 g/mol. The van der Waals surface area contributed by atoms with Crippen LogP contribution in [0.3, 0.4) is 0 Å². The quantitative estimate of drug-likeness (QED) is 0.239. The fraction of sp³-hybridized carbons (Fsp3) is 0.308. The van der Waals surface area contributed by atoms with Crippen molar-refractivity contribution in [3.05, 3.63) is 76.7 Å². The second-order valence-corrected chi connectivity index (χ2v) is 9.16. The second-order valence-electron chi connectivity index (χ2n) is 9.16. The molecule has 12 heteroatoms. The summed E-state index contributed by atoms with van der Waals surface area (Å²) < 4.78 is 44.4. The van der Waals surface area contributed by atoms with E-state index in [1.807, 2.05) is 27.7 Å². The van der Waals surface area contributed by atoms with Gasteiger partial charge in [-0.25, -0.2) is 5.84 Å². The molecule has 1 aromatic heterocycles. The van der Waals surface area contributed by atoms with Gasteiger partial charge in [-0.15, -0.1) is 13.2 Å². The van der Waals surface area contributed by atoms with Crippen molar-refractivity contribution in [1.29, 1.82) is 0 Å². The Morgan fingerprint density at radius 3 is 2.53 bits per heavy atom. The number of hydrogen-bond donors (Lipinski definition) is 4. The molecule has 0 aliphatic heterocycles. The average Bonchev–Trinajstić information content (AvgIpc) is 3.14. The molecule has 3 rings (SSSR count). The van der Waals surface area contributed by atoms with Crippen LogP contribution in [0.25, 0.3) is 5.70 Å². The number of anilines is 2. The van der Waals surface area contributed by atoms with Gasteiger partial charge in [0.05, 0.1) is 17.6 Å². The lowest BCUT2D eigenvalue weighted by Gasteiger charge is -2.19. The first-order chi connectivity index (χ1) is 17.7. The van der Waals surface area contributed by atoms with E-state index in [0.29, 0.717) is 16.9 Å². The van der Waals surface area contributed by atoms with Gasteiger partial charge in [0.2, 0.25) is 0 Å². The van der Waals surface area contributed by atoms with E-state index in [2.05, 4.69) is 20.5 Å². The summed E-state index contributed by atoms with van der Waals surface area (Å²) in [6, 6.07) is 8.96. The highest BCUT2D eigenvalue weighted by Gasteiger charge is 2.31. The van der Waals surface area contributed by atoms with Crippen LogP contribution in [-0.2, 0) is 13.6 Å². The number of nitrogens with one attached hydrogen (secondary N) is 2. The number of halogens is 3. The van der Waals surface area contributed by atoms with Crippen molar-refractivity contribution in [2.24, 2.45) is 18.6 Å². The van der Waals surface area contributed by atoms with Gasteiger partial charge in [0, 0.05) is 54.4 Å². The molecule has 1 heterocycles. The Hall–Kier alpha value is -4.03. The Bertz CT molecular complexity index is 1330. The van der Waals surface area contributed by atoms with Gasteiger partial charge < -0.3 is 21.1 Å². The molecule has 0 aliphatic rings. The van der Waals surface area contributed by atoms with Gasteiger partial charge in [0.25, 0.3) is 5.91 Å². The first kappa shape index (κ1) is 28.5. The number of aryl methyl sites for hydroxylation is 2. The van der Waals surface area contributed by atoms with Gasteiger partial charge in [-0.3, -0.25) is 14.5 Å². The van der Waals surface area contributed by atoms with Crippen molar-refractivity contribution >= 4 is 23.0 Å². The first-order valence-electron chi connectivity index (χ1n) is 11.8. The van der Waals surface area contributed by atoms with Crippen LogP contribution >= 0.6 is 0 Å². The van der Waals surface area contributed by atoms with Crippen molar-refractivity contribution in [2.75, 3.05) is 10.3 Å². The molecule has 6 N–H and O–H groups in total. The molecule has 1 amide bonds. The van der Waals surface area contributed by atoms with Gasteiger partial charge in [0.1, 0.15) is 5.75 Å². The lowest BCUT2D eigenvalue weighted by Crippen LogP contribution is -2.27. The number of carbonyl (C=O) groups excluding carboxylic acids is 1. The number of nitrogens with zero attached hydrogens (tertiary/aromatic N) is 3. The van der Waals surface area contributed by atoms with Crippen molar-refractivity contribution < 1.29 is 22.7 Å². The maximum absolute atomic E-state index is 13.1. The molecule has 0 radical (unpaired) electrons. The van der Waals surface area contributed by atoms with Crippen LogP contribution in [-0.4, -0.2) is 28.1 Å². The zero-order chi connectivity index (χ0) is 28.2. The van der Waals surface area contributed by atoms with E-state index in [0.717, 1.165) is 22.9 Å². The van der Waals surface area contributed by atoms with Crippen LogP contribution in [0.4, 0.5) is 24.5 Å². The van der Waals surface area contributed by atoms with Crippen molar-refractivity contribution in [3.8, 4) is 5.75 Å². The minimum absolute atomic E-state index is 0.107. The Morgan fingerprint density at radius 2 is 1.92 bits per heavy atom. The normalized spacial score (nSPS) is 12.1. The lowest BCUT2D eigenvalue weighted by atomic mass is 10.1. The third-order valence-electron chi connectivity index (χ3n) is 5.75. The van der Waals surface area contributed by atoms with E-state index >= 15 is 0 Å². The smallest absolute Gasteiger partial charge is 0.406 e. The highest BCUT2D eigenvalue weighted by atomic mass is 19.4. The summed E-state index contributed by atoms with van der Waals surface area (Å²) in [5.41, 5.74) is 10.4. The molecule has 38 heavy (non-hydrogen) atoms. The zero-order valence-electron chi connectivity index (χ0n) is 21.8. The highest BCUT2D eigenvalue weighted by Crippen LogP contribution is 2.28. The summed E-state index contributed by atoms with van der Waals surface area (Å²) in [4.78, 5) is 13.1. The van der Waals surface area contributed by atoms with Crippen LogP contribution in [0.2, 0.25) is 0 Å². The molecule has 0 fully saturated rings. The lowest BCUT2D eigenvalue weighted by molar-refractivity contribution is -0.274. The molecule has 0 bridgehead atoms. The number of alkyl halides is 3. The van der Waals surface area contributed by atoms with Gasteiger partial charge in [-0.2, -0.15) is 5.10 Å². The number of nitrogens with two attached hydrogens (primary N) is 2. The van der Waals surface area contributed by atoms with Gasteiger partial charge in [-0.1, -0.05) is 19.9 Å². The average molecular weight is 532 g/mol. The Balaban J connectivity index is 1.86. The number of hydrogen-bond acceptors (Lipinski definition) is 7. The van der Waals surface area contributed by atoms with Crippen molar-refractivity contribution in [3.63, 3.8) is 0 Å². The number of rotatable bonds is 9. The molecule has 0 unspecified atom stereocenters. The summed E-state index contributed by atoms with van der Waals surface area (Å²) in [5.74, 6) is 5.29. The second kappa shape index (κ2) is 11.6. The molecule has 0 aliphatic carbocycles. The molecule has 3 aromatic rings. The van der Waals surface area contributed by atoms with Crippen LogP contribution < -0.4 is 32.0 Å². The van der Waals surface area contributed by atoms with E-state index in [1.165, 1.54) is 17.3 Å². The SMILES string of the molecule is Cc1ccc(C(=O)Nc2cc(CNC(C)C)cc(OC(F)(F)F)c2)cc1N(N)/C=C(\N)c1cnn(C)c1C. The van der Waals surface area contributed by atoms with Crippen LogP contribution in [0.5, 0.6) is 5.75 Å². The summed E-state index contributed by atoms with van der Waals surface area (Å²) in [7, 11) is 1.80. The maximum atomic E-state index is 13.1. The van der Waals surface area contributed by atoms with Crippen molar-refractivity contribution in [2.45, 2.75) is 46.6 Å². The number of aromatic nitrogens is 2. The Kier molecular flexibility index (Phi) is 8.69. The number of benzene rings is 2. The van der Waals surface area contributed by atoms with E-state index < -0.39 is 18.0 Å². The maximum Gasteiger partial charge on any atom is 0.573 e. The summed E-state index contributed by atoms with van der Waals surface area (Å²) in [6.07, 6.45) is -1.71. The standard InChI is InChI=1S/C26H32F3N7O2/c1-15(2)32-12-18-8-20(11-21(9-18)38-26(27,28)29)34-25(37)19-7-6-16(3)24(10-19)36(31)14-23(30)22-13-33-35(5)17(22)4/h6-11,13-15,32H,12,30-31H2,1-5H3,(H,34,37)/b23-14-. The third-order valence-corrected chi connectivity index (χ3v) is 5.75.